The quantitative estimate of drug-likeness (QED) is 0.876. The molecule has 5 nitrogen and oxygen atoms in total. The van der Waals surface area contributed by atoms with Crippen LogP contribution in [0, 0.1) is 5.92 Å². The lowest BCUT2D eigenvalue weighted by molar-refractivity contribution is 0.0948. The van der Waals surface area contributed by atoms with E-state index in [1.165, 1.54) is 0 Å². The summed E-state index contributed by atoms with van der Waals surface area (Å²) in [6.45, 7) is 3.11. The molecule has 1 aromatic heterocycles. The van der Waals surface area contributed by atoms with E-state index in [0.29, 0.717) is 18.7 Å². The predicted octanol–water partition coefficient (Wildman–Crippen LogP) is 1.96. The van der Waals surface area contributed by atoms with Crippen LogP contribution in [-0.4, -0.2) is 28.8 Å². The van der Waals surface area contributed by atoms with E-state index < -0.39 is 0 Å². The summed E-state index contributed by atoms with van der Waals surface area (Å²) in [5.74, 6) is 0.130. The molecule has 3 N–H and O–H groups in total. The van der Waals surface area contributed by atoms with Crippen LogP contribution in [0.1, 0.15) is 17.3 Å². The molecule has 0 bridgehead atoms. The van der Waals surface area contributed by atoms with Gasteiger partial charge < -0.3 is 11.1 Å². The number of halogens is 1. The van der Waals surface area contributed by atoms with E-state index in [9.17, 15) is 4.79 Å². The summed E-state index contributed by atoms with van der Waals surface area (Å²) < 4.78 is 2.64. The molecular formula is C14H17BrN4O. The minimum Gasteiger partial charge on any atom is -0.352 e. The lowest BCUT2D eigenvalue weighted by Gasteiger charge is -2.08. The minimum atomic E-state index is -0.133. The number of hydrogen-bond acceptors (Lipinski definition) is 3. The molecule has 20 heavy (non-hydrogen) atoms. The van der Waals surface area contributed by atoms with Gasteiger partial charge in [0, 0.05) is 17.2 Å². The van der Waals surface area contributed by atoms with Gasteiger partial charge in [0.25, 0.3) is 5.91 Å². The number of nitrogens with zero attached hydrogens (tertiary/aromatic N) is 2. The zero-order valence-corrected chi connectivity index (χ0v) is 12.8. The Hall–Kier alpha value is -1.66. The van der Waals surface area contributed by atoms with Gasteiger partial charge in [-0.1, -0.05) is 28.9 Å². The number of carbonyl (C=O) groups excluding carboxylic acids is 1. The smallest absolute Gasteiger partial charge is 0.254 e. The Morgan fingerprint density at radius 2 is 2.35 bits per heavy atom. The highest BCUT2D eigenvalue weighted by Gasteiger charge is 2.10. The molecule has 0 aliphatic heterocycles. The number of benzene rings is 1. The number of amides is 1. The van der Waals surface area contributed by atoms with E-state index in [2.05, 4.69) is 26.3 Å². The van der Waals surface area contributed by atoms with Gasteiger partial charge >= 0.3 is 0 Å². The maximum atomic E-state index is 12.0. The molecule has 2 aromatic rings. The number of nitrogens with two attached hydrogens (primary N) is 1. The SMILES string of the molecule is CC(CN)CNC(=O)c1cnn(-c2cccc(Br)c2)c1. The lowest BCUT2D eigenvalue weighted by atomic mass is 10.2. The van der Waals surface area contributed by atoms with Crippen LogP contribution in [0.4, 0.5) is 0 Å². The van der Waals surface area contributed by atoms with Gasteiger partial charge in [-0.25, -0.2) is 4.68 Å². The first-order chi connectivity index (χ1) is 9.60. The molecule has 1 aromatic carbocycles. The topological polar surface area (TPSA) is 72.9 Å². The number of rotatable bonds is 5. The predicted molar refractivity (Wildman–Crippen MR) is 81.8 cm³/mol. The summed E-state index contributed by atoms with van der Waals surface area (Å²) in [6.07, 6.45) is 3.27. The second kappa shape index (κ2) is 6.67. The van der Waals surface area contributed by atoms with E-state index in [1.807, 2.05) is 31.2 Å². The van der Waals surface area contributed by atoms with Crippen LogP contribution in [0.5, 0.6) is 0 Å². The van der Waals surface area contributed by atoms with Crippen molar-refractivity contribution < 1.29 is 4.79 Å². The maximum absolute atomic E-state index is 12.0. The summed E-state index contributed by atoms with van der Waals surface area (Å²) in [4.78, 5) is 12.0. The molecule has 1 unspecified atom stereocenters. The first-order valence-corrected chi connectivity index (χ1v) is 7.18. The van der Waals surface area contributed by atoms with E-state index in [4.69, 9.17) is 5.73 Å². The zero-order valence-electron chi connectivity index (χ0n) is 11.2. The first-order valence-electron chi connectivity index (χ1n) is 6.39. The standard InChI is InChI=1S/C14H17BrN4O/c1-10(6-16)7-17-14(20)11-8-18-19(9-11)13-4-2-3-12(15)5-13/h2-5,8-10H,6-7,16H2,1H3,(H,17,20). The average molecular weight is 337 g/mol. The van der Waals surface area contributed by atoms with Crippen molar-refractivity contribution in [2.75, 3.05) is 13.1 Å². The second-order valence-electron chi connectivity index (χ2n) is 4.70. The summed E-state index contributed by atoms with van der Waals surface area (Å²) in [5.41, 5.74) is 6.95. The molecule has 0 spiro atoms. The van der Waals surface area contributed by atoms with E-state index in [1.54, 1.807) is 17.1 Å². The van der Waals surface area contributed by atoms with Crippen molar-refractivity contribution in [2.45, 2.75) is 6.92 Å². The summed E-state index contributed by atoms with van der Waals surface area (Å²) in [6, 6.07) is 7.72. The Bertz CT molecular complexity index is 596. The average Bonchev–Trinajstić information content (AvgIpc) is 2.94. The van der Waals surface area contributed by atoms with Crippen molar-refractivity contribution in [3.05, 3.63) is 46.7 Å². The normalized spacial score (nSPS) is 12.2. The number of nitrogens with one attached hydrogen (secondary N) is 1. The molecule has 0 saturated heterocycles. The molecule has 0 radical (unpaired) electrons. The molecule has 6 heteroatoms. The van der Waals surface area contributed by atoms with Gasteiger partial charge in [0.15, 0.2) is 0 Å². The summed E-state index contributed by atoms with van der Waals surface area (Å²) in [5, 5.41) is 7.05. The first kappa shape index (κ1) is 14.7. The van der Waals surface area contributed by atoms with E-state index >= 15 is 0 Å². The maximum Gasteiger partial charge on any atom is 0.254 e. The largest absolute Gasteiger partial charge is 0.352 e. The Kier molecular flexibility index (Phi) is 4.92. The fourth-order valence-electron chi connectivity index (χ4n) is 1.65. The Morgan fingerprint density at radius 3 is 3.05 bits per heavy atom. The fraction of sp³-hybridized carbons (Fsp3) is 0.286. The van der Waals surface area contributed by atoms with Gasteiger partial charge in [-0.2, -0.15) is 5.10 Å². The molecule has 0 aliphatic carbocycles. The molecule has 1 amide bonds. The van der Waals surface area contributed by atoms with Crippen molar-refractivity contribution in [3.8, 4) is 5.69 Å². The van der Waals surface area contributed by atoms with Crippen molar-refractivity contribution in [1.29, 1.82) is 0 Å². The van der Waals surface area contributed by atoms with Gasteiger partial charge in [0.2, 0.25) is 0 Å². The van der Waals surface area contributed by atoms with Gasteiger partial charge in [0.1, 0.15) is 0 Å². The van der Waals surface area contributed by atoms with Crippen LogP contribution in [0.3, 0.4) is 0 Å². The summed E-state index contributed by atoms with van der Waals surface area (Å²) in [7, 11) is 0. The van der Waals surface area contributed by atoms with Crippen LogP contribution < -0.4 is 11.1 Å². The van der Waals surface area contributed by atoms with E-state index in [-0.39, 0.29) is 11.8 Å². The van der Waals surface area contributed by atoms with Crippen LogP contribution in [0.2, 0.25) is 0 Å². The number of aromatic nitrogens is 2. The Labute approximate surface area is 126 Å². The van der Waals surface area contributed by atoms with Gasteiger partial charge in [-0.3, -0.25) is 4.79 Å². The third kappa shape index (κ3) is 3.68. The Morgan fingerprint density at radius 1 is 1.55 bits per heavy atom. The van der Waals surface area contributed by atoms with Crippen LogP contribution >= 0.6 is 15.9 Å². The van der Waals surface area contributed by atoms with Crippen LogP contribution in [-0.2, 0) is 0 Å². The van der Waals surface area contributed by atoms with Crippen molar-refractivity contribution in [2.24, 2.45) is 11.7 Å². The van der Waals surface area contributed by atoms with E-state index in [0.717, 1.165) is 10.2 Å². The second-order valence-corrected chi connectivity index (χ2v) is 5.62. The number of hydrogen-bond donors (Lipinski definition) is 2. The Balaban J connectivity index is 2.07. The molecule has 1 atom stereocenters. The fourth-order valence-corrected chi connectivity index (χ4v) is 2.04. The molecule has 0 fully saturated rings. The summed E-state index contributed by atoms with van der Waals surface area (Å²) >= 11 is 3.41. The van der Waals surface area contributed by atoms with Crippen molar-refractivity contribution in [1.82, 2.24) is 15.1 Å². The molecule has 0 aliphatic rings. The lowest BCUT2D eigenvalue weighted by Crippen LogP contribution is -2.31. The third-order valence-electron chi connectivity index (χ3n) is 2.93. The molecule has 106 valence electrons. The molecule has 1 heterocycles. The highest BCUT2D eigenvalue weighted by molar-refractivity contribution is 9.10. The van der Waals surface area contributed by atoms with Crippen molar-refractivity contribution in [3.63, 3.8) is 0 Å². The van der Waals surface area contributed by atoms with Crippen LogP contribution in [0.25, 0.3) is 5.69 Å². The van der Waals surface area contributed by atoms with Gasteiger partial charge in [-0.05, 0) is 30.7 Å². The number of carbonyl (C=O) groups is 1. The molecular weight excluding hydrogens is 320 g/mol. The van der Waals surface area contributed by atoms with Gasteiger partial charge in [0.05, 0.1) is 17.4 Å². The molecule has 2 rings (SSSR count). The highest BCUT2D eigenvalue weighted by atomic mass is 79.9. The van der Waals surface area contributed by atoms with Crippen LogP contribution in [0.15, 0.2) is 41.1 Å². The molecule has 0 saturated carbocycles. The highest BCUT2D eigenvalue weighted by Crippen LogP contribution is 2.15. The monoisotopic (exact) mass is 336 g/mol. The zero-order chi connectivity index (χ0) is 14.5. The third-order valence-corrected chi connectivity index (χ3v) is 3.42. The van der Waals surface area contributed by atoms with Gasteiger partial charge in [-0.15, -0.1) is 0 Å². The minimum absolute atomic E-state index is 0.133. The van der Waals surface area contributed by atoms with Crippen molar-refractivity contribution >= 4 is 21.8 Å².